The zero-order valence-electron chi connectivity index (χ0n) is 17.4. The van der Waals surface area contributed by atoms with Gasteiger partial charge in [-0.1, -0.05) is 30.7 Å². The first-order valence-corrected chi connectivity index (χ1v) is 11.2. The van der Waals surface area contributed by atoms with Gasteiger partial charge in [0.25, 0.3) is 0 Å². The van der Waals surface area contributed by atoms with Crippen molar-refractivity contribution in [1.29, 1.82) is 5.26 Å². The van der Waals surface area contributed by atoms with Gasteiger partial charge in [0.05, 0.1) is 17.0 Å². The highest BCUT2D eigenvalue weighted by Gasteiger charge is 2.23. The third kappa shape index (κ3) is 4.35. The van der Waals surface area contributed by atoms with Crippen LogP contribution < -0.4 is 5.32 Å². The number of rotatable bonds is 6. The van der Waals surface area contributed by atoms with Crippen LogP contribution in [0.15, 0.2) is 29.4 Å². The van der Waals surface area contributed by atoms with E-state index in [1.54, 1.807) is 16.7 Å². The summed E-state index contributed by atoms with van der Waals surface area (Å²) in [4.78, 5) is 17.2. The van der Waals surface area contributed by atoms with Crippen molar-refractivity contribution in [1.82, 2.24) is 19.7 Å². The molecule has 160 valence electrons. The van der Waals surface area contributed by atoms with Crippen molar-refractivity contribution in [2.24, 2.45) is 0 Å². The summed E-state index contributed by atoms with van der Waals surface area (Å²) in [6.45, 7) is 3.65. The van der Waals surface area contributed by atoms with Crippen molar-refractivity contribution in [3.8, 4) is 11.8 Å². The summed E-state index contributed by atoms with van der Waals surface area (Å²) in [6.07, 6.45) is 4.65. The number of nitriles is 1. The molecule has 0 aliphatic heterocycles. The molecule has 2 aromatic heterocycles. The molecule has 1 aliphatic carbocycles. The Labute approximate surface area is 184 Å². The summed E-state index contributed by atoms with van der Waals surface area (Å²) in [5, 5.41) is 20.2. The van der Waals surface area contributed by atoms with Crippen LogP contribution in [-0.2, 0) is 4.79 Å². The predicted octanol–water partition coefficient (Wildman–Crippen LogP) is 4.61. The van der Waals surface area contributed by atoms with Crippen LogP contribution in [-0.4, -0.2) is 31.4 Å². The van der Waals surface area contributed by atoms with Crippen LogP contribution in [0.25, 0.3) is 5.69 Å². The number of anilines is 1. The van der Waals surface area contributed by atoms with Crippen molar-refractivity contribution >= 4 is 23.5 Å². The van der Waals surface area contributed by atoms with Crippen LogP contribution in [0.3, 0.4) is 0 Å². The van der Waals surface area contributed by atoms with Gasteiger partial charge in [0.15, 0.2) is 0 Å². The maximum Gasteiger partial charge on any atom is 0.236 e. The van der Waals surface area contributed by atoms with Crippen LogP contribution in [0.1, 0.15) is 54.2 Å². The quantitative estimate of drug-likeness (QED) is 0.548. The second-order valence-electron chi connectivity index (χ2n) is 7.68. The fourth-order valence-corrected chi connectivity index (χ4v) is 4.61. The van der Waals surface area contributed by atoms with E-state index >= 15 is 0 Å². The lowest BCUT2D eigenvalue weighted by Crippen LogP contribution is -2.18. The molecule has 9 heteroatoms. The molecule has 7 nitrogen and oxygen atoms in total. The van der Waals surface area contributed by atoms with E-state index in [0.717, 1.165) is 29.9 Å². The molecule has 3 aromatic rings. The minimum absolute atomic E-state index is 0.0965. The van der Waals surface area contributed by atoms with Gasteiger partial charge in [-0.25, -0.2) is 9.37 Å². The lowest BCUT2D eigenvalue weighted by atomic mass is 10.1. The summed E-state index contributed by atoms with van der Waals surface area (Å²) >= 11 is 1.24. The number of aromatic nitrogens is 4. The molecule has 1 aliphatic rings. The van der Waals surface area contributed by atoms with Crippen LogP contribution >= 0.6 is 11.8 Å². The van der Waals surface area contributed by atoms with Gasteiger partial charge in [0.1, 0.15) is 23.5 Å². The molecular formula is C22H23FN6OS. The van der Waals surface area contributed by atoms with Crippen LogP contribution in [0.5, 0.6) is 0 Å². The van der Waals surface area contributed by atoms with Gasteiger partial charge in [-0.3, -0.25) is 14.5 Å². The number of aromatic amines is 1. The summed E-state index contributed by atoms with van der Waals surface area (Å²) in [7, 11) is 0. The molecule has 0 bridgehead atoms. The molecule has 1 aromatic carbocycles. The van der Waals surface area contributed by atoms with Crippen LogP contribution in [0.2, 0.25) is 0 Å². The third-order valence-corrected chi connectivity index (χ3v) is 6.55. The molecule has 0 saturated heterocycles. The average Bonchev–Trinajstić information content (AvgIpc) is 3.48. The van der Waals surface area contributed by atoms with Crippen molar-refractivity contribution < 1.29 is 9.18 Å². The Kier molecular flexibility index (Phi) is 6.09. The summed E-state index contributed by atoms with van der Waals surface area (Å²) in [5.41, 5.74) is 2.41. The molecule has 0 radical (unpaired) electrons. The molecule has 2 N–H and O–H groups in total. The topological polar surface area (TPSA) is 99.4 Å². The lowest BCUT2D eigenvalue weighted by molar-refractivity contribution is -0.113. The number of amides is 1. The normalized spacial score (nSPS) is 14.0. The minimum Gasteiger partial charge on any atom is -0.310 e. The molecule has 4 rings (SSSR count). The van der Waals surface area contributed by atoms with Crippen LogP contribution in [0, 0.1) is 31.0 Å². The molecule has 0 spiro atoms. The Hall–Kier alpha value is -3.12. The number of nitrogens with zero attached hydrogens (tertiary/aromatic N) is 4. The molecule has 0 atom stereocenters. The molecule has 31 heavy (non-hydrogen) atoms. The first kappa shape index (κ1) is 21.1. The van der Waals surface area contributed by atoms with E-state index in [4.69, 9.17) is 0 Å². The van der Waals surface area contributed by atoms with E-state index < -0.39 is 5.82 Å². The lowest BCUT2D eigenvalue weighted by Gasteiger charge is -2.13. The van der Waals surface area contributed by atoms with E-state index in [0.29, 0.717) is 28.1 Å². The number of carbonyl (C=O) groups excluding carboxylic acids is 1. The summed E-state index contributed by atoms with van der Waals surface area (Å²) in [5.74, 6) is 1.07. The average molecular weight is 439 g/mol. The SMILES string of the molecule is Cc1c(C#N)c(NC(=O)CSc2n[nH]c(C3CCCC3)n2)n(-c2cccc(F)c2)c1C. The van der Waals surface area contributed by atoms with E-state index in [1.165, 1.54) is 36.7 Å². The first-order chi connectivity index (χ1) is 15.0. The number of hydrogen-bond acceptors (Lipinski definition) is 5. The monoisotopic (exact) mass is 438 g/mol. The number of hydrogen-bond donors (Lipinski definition) is 2. The number of H-pyrrole nitrogens is 1. The highest BCUT2D eigenvalue weighted by atomic mass is 32.2. The molecule has 1 fully saturated rings. The zero-order valence-corrected chi connectivity index (χ0v) is 18.2. The Bertz CT molecular complexity index is 1160. The van der Waals surface area contributed by atoms with Gasteiger partial charge in [0, 0.05) is 11.6 Å². The minimum atomic E-state index is -0.391. The third-order valence-electron chi connectivity index (χ3n) is 5.71. The Morgan fingerprint density at radius 3 is 2.87 bits per heavy atom. The Balaban J connectivity index is 1.51. The number of halogens is 1. The van der Waals surface area contributed by atoms with E-state index in [2.05, 4.69) is 26.6 Å². The maximum absolute atomic E-state index is 13.8. The van der Waals surface area contributed by atoms with Gasteiger partial charge in [-0.15, -0.1) is 5.10 Å². The van der Waals surface area contributed by atoms with Gasteiger partial charge in [-0.05, 0) is 50.5 Å². The number of nitrogens with one attached hydrogen (secondary N) is 2. The number of benzene rings is 1. The predicted molar refractivity (Wildman–Crippen MR) is 117 cm³/mol. The summed E-state index contributed by atoms with van der Waals surface area (Å²) < 4.78 is 15.5. The van der Waals surface area contributed by atoms with Gasteiger partial charge >= 0.3 is 0 Å². The molecule has 0 unspecified atom stereocenters. The van der Waals surface area contributed by atoms with E-state index in [1.807, 2.05) is 13.8 Å². The van der Waals surface area contributed by atoms with Crippen molar-refractivity contribution in [2.75, 3.05) is 11.1 Å². The fourth-order valence-electron chi connectivity index (χ4n) is 4.00. The number of carbonyl (C=O) groups is 1. The van der Waals surface area contributed by atoms with Gasteiger partial charge in [0.2, 0.25) is 11.1 Å². The summed E-state index contributed by atoms with van der Waals surface area (Å²) in [6, 6.07) is 8.21. The largest absolute Gasteiger partial charge is 0.310 e. The second-order valence-corrected chi connectivity index (χ2v) is 8.63. The maximum atomic E-state index is 13.8. The highest BCUT2D eigenvalue weighted by Crippen LogP contribution is 2.33. The number of thioether (sulfide) groups is 1. The van der Waals surface area contributed by atoms with Crippen molar-refractivity contribution in [3.05, 3.63) is 52.7 Å². The van der Waals surface area contributed by atoms with Gasteiger partial charge < -0.3 is 5.32 Å². The Morgan fingerprint density at radius 2 is 2.16 bits per heavy atom. The standard InChI is InChI=1S/C22H23FN6OS/c1-13-14(2)29(17-9-5-8-16(23)10-17)21(18(13)11-24)25-19(30)12-31-22-26-20(27-28-22)15-6-3-4-7-15/h5,8-10,15H,3-4,6-7,12H2,1-2H3,(H,25,30)(H,26,27,28). The molecule has 1 amide bonds. The molecule has 1 saturated carbocycles. The second kappa shape index (κ2) is 8.94. The fraction of sp³-hybridized carbons (Fsp3) is 0.364. The first-order valence-electron chi connectivity index (χ1n) is 10.2. The van der Waals surface area contributed by atoms with Crippen molar-refractivity contribution in [2.45, 2.75) is 50.6 Å². The van der Waals surface area contributed by atoms with E-state index in [9.17, 15) is 14.4 Å². The molecular weight excluding hydrogens is 415 g/mol. The Morgan fingerprint density at radius 1 is 1.39 bits per heavy atom. The zero-order chi connectivity index (χ0) is 22.0. The highest BCUT2D eigenvalue weighted by molar-refractivity contribution is 7.99. The molecule has 2 heterocycles. The van der Waals surface area contributed by atoms with Gasteiger partial charge in [-0.2, -0.15) is 5.26 Å². The smallest absolute Gasteiger partial charge is 0.236 e. The van der Waals surface area contributed by atoms with E-state index in [-0.39, 0.29) is 11.7 Å². The van der Waals surface area contributed by atoms with Crippen LogP contribution in [0.4, 0.5) is 10.2 Å². The van der Waals surface area contributed by atoms with Crippen molar-refractivity contribution in [3.63, 3.8) is 0 Å².